The van der Waals surface area contributed by atoms with Gasteiger partial charge in [-0.25, -0.2) is 9.18 Å². The van der Waals surface area contributed by atoms with Gasteiger partial charge in [-0.15, -0.1) is 0 Å². The predicted octanol–water partition coefficient (Wildman–Crippen LogP) is 5.31. The van der Waals surface area contributed by atoms with Crippen LogP contribution >= 0.6 is 11.6 Å². The van der Waals surface area contributed by atoms with Gasteiger partial charge < -0.3 is 15.5 Å². The Morgan fingerprint density at radius 3 is 2.31 bits per heavy atom. The number of nitrogens with zero attached hydrogens (tertiary/aromatic N) is 1. The van der Waals surface area contributed by atoms with E-state index in [1.807, 2.05) is 6.92 Å². The van der Waals surface area contributed by atoms with Crippen molar-refractivity contribution in [3.8, 4) is 0 Å². The van der Waals surface area contributed by atoms with Crippen LogP contribution in [0.15, 0.2) is 42.5 Å². The van der Waals surface area contributed by atoms with Crippen LogP contribution in [-0.4, -0.2) is 29.9 Å². The van der Waals surface area contributed by atoms with Crippen LogP contribution in [0.3, 0.4) is 0 Å². The van der Waals surface area contributed by atoms with Gasteiger partial charge in [0.2, 0.25) is 5.91 Å². The van der Waals surface area contributed by atoms with Gasteiger partial charge in [0.1, 0.15) is 5.82 Å². The largest absolute Gasteiger partial charge is 0.326 e. The summed E-state index contributed by atoms with van der Waals surface area (Å²) in [5.74, 6) is -0.377. The molecular formula is C22H25ClFN3O2. The number of nitrogens with one attached hydrogen (secondary N) is 2. The Morgan fingerprint density at radius 2 is 1.69 bits per heavy atom. The lowest BCUT2D eigenvalue weighted by molar-refractivity contribution is -0.121. The molecule has 1 saturated heterocycles. The number of amides is 3. The van der Waals surface area contributed by atoms with Crippen molar-refractivity contribution in [2.75, 3.05) is 23.7 Å². The molecular weight excluding hydrogens is 393 g/mol. The fourth-order valence-electron chi connectivity index (χ4n) is 3.53. The lowest BCUT2D eigenvalue weighted by Gasteiger charge is -2.34. The second kappa shape index (κ2) is 9.27. The summed E-state index contributed by atoms with van der Waals surface area (Å²) in [5, 5.41) is 6.35. The second-order valence-corrected chi connectivity index (χ2v) is 7.94. The van der Waals surface area contributed by atoms with Gasteiger partial charge in [-0.3, -0.25) is 4.79 Å². The third-order valence-corrected chi connectivity index (χ3v) is 5.72. The number of carbonyl (C=O) groups is 2. The number of hydrogen-bond acceptors (Lipinski definition) is 2. The third kappa shape index (κ3) is 5.48. The average Bonchev–Trinajstić information content (AvgIpc) is 2.72. The zero-order valence-corrected chi connectivity index (χ0v) is 17.3. The molecule has 0 radical (unpaired) electrons. The molecule has 3 amide bonds. The molecule has 154 valence electrons. The number of piperidine rings is 1. The van der Waals surface area contributed by atoms with E-state index in [0.717, 1.165) is 12.8 Å². The summed E-state index contributed by atoms with van der Waals surface area (Å²) in [6, 6.07) is 11.4. The van der Waals surface area contributed by atoms with E-state index in [1.54, 1.807) is 48.2 Å². The quantitative estimate of drug-likeness (QED) is 0.708. The molecule has 1 unspecified atom stereocenters. The van der Waals surface area contributed by atoms with Crippen LogP contribution in [-0.2, 0) is 4.79 Å². The van der Waals surface area contributed by atoms with E-state index in [1.165, 1.54) is 6.07 Å². The van der Waals surface area contributed by atoms with Gasteiger partial charge in [-0.05, 0) is 73.7 Å². The summed E-state index contributed by atoms with van der Waals surface area (Å²) < 4.78 is 13.4. The first-order chi connectivity index (χ1) is 13.8. The fraction of sp³-hybridized carbons (Fsp3) is 0.364. The minimum Gasteiger partial charge on any atom is -0.326 e. The maximum Gasteiger partial charge on any atom is 0.321 e. The van der Waals surface area contributed by atoms with E-state index in [2.05, 4.69) is 10.6 Å². The average molecular weight is 418 g/mol. The summed E-state index contributed by atoms with van der Waals surface area (Å²) in [6.45, 7) is 4.76. The maximum absolute atomic E-state index is 13.4. The number of halogens is 2. The van der Waals surface area contributed by atoms with Gasteiger partial charge in [0.05, 0.1) is 0 Å². The molecule has 0 aliphatic carbocycles. The van der Waals surface area contributed by atoms with E-state index in [-0.39, 0.29) is 29.6 Å². The molecule has 2 N–H and O–H groups in total. The number of aryl methyl sites for hydroxylation is 1. The van der Waals surface area contributed by atoms with Crippen molar-refractivity contribution >= 4 is 34.9 Å². The van der Waals surface area contributed by atoms with Gasteiger partial charge in [0.15, 0.2) is 0 Å². The number of rotatable bonds is 4. The predicted molar refractivity (Wildman–Crippen MR) is 114 cm³/mol. The van der Waals surface area contributed by atoms with Gasteiger partial charge in [-0.2, -0.15) is 0 Å². The Kier molecular flexibility index (Phi) is 6.75. The summed E-state index contributed by atoms with van der Waals surface area (Å²) in [6.07, 6.45) is 1.51. The monoisotopic (exact) mass is 417 g/mol. The second-order valence-electron chi connectivity index (χ2n) is 7.50. The highest BCUT2D eigenvalue weighted by atomic mass is 35.5. The molecule has 1 heterocycles. The topological polar surface area (TPSA) is 61.4 Å². The molecule has 2 aromatic rings. The summed E-state index contributed by atoms with van der Waals surface area (Å²) >= 11 is 5.86. The Labute approximate surface area is 175 Å². The van der Waals surface area contributed by atoms with Crippen molar-refractivity contribution in [2.45, 2.75) is 26.7 Å². The van der Waals surface area contributed by atoms with Crippen LogP contribution in [0.1, 0.15) is 25.3 Å². The lowest BCUT2D eigenvalue weighted by atomic mass is 9.85. The molecule has 5 nitrogen and oxygen atoms in total. The highest BCUT2D eigenvalue weighted by Gasteiger charge is 2.30. The number of anilines is 2. The zero-order valence-electron chi connectivity index (χ0n) is 16.5. The lowest BCUT2D eigenvalue weighted by Crippen LogP contribution is -2.43. The molecule has 3 rings (SSSR count). The molecule has 0 bridgehead atoms. The Bertz CT molecular complexity index is 880. The molecule has 2 aromatic carbocycles. The maximum atomic E-state index is 13.4. The van der Waals surface area contributed by atoms with Crippen LogP contribution in [0.4, 0.5) is 20.6 Å². The number of carbonyl (C=O) groups excluding carboxylic acids is 2. The van der Waals surface area contributed by atoms with E-state index in [0.29, 0.717) is 35.1 Å². The Morgan fingerprint density at radius 1 is 1.07 bits per heavy atom. The molecule has 1 aliphatic heterocycles. The summed E-state index contributed by atoms with van der Waals surface area (Å²) in [7, 11) is 0. The van der Waals surface area contributed by atoms with Crippen molar-refractivity contribution < 1.29 is 14.0 Å². The van der Waals surface area contributed by atoms with Crippen LogP contribution in [0, 0.1) is 24.6 Å². The number of likely N-dealkylation sites (tertiary alicyclic amines) is 1. The number of urea groups is 1. The van der Waals surface area contributed by atoms with Crippen LogP contribution in [0.5, 0.6) is 0 Å². The molecule has 0 spiro atoms. The van der Waals surface area contributed by atoms with Gasteiger partial charge in [-0.1, -0.05) is 18.5 Å². The Hall–Kier alpha value is -2.60. The summed E-state index contributed by atoms with van der Waals surface area (Å²) in [4.78, 5) is 26.8. The molecule has 1 aliphatic rings. The van der Waals surface area contributed by atoms with Crippen molar-refractivity contribution in [2.24, 2.45) is 11.8 Å². The first-order valence-corrected chi connectivity index (χ1v) is 10.1. The minimum absolute atomic E-state index is 0.0833. The van der Waals surface area contributed by atoms with Gasteiger partial charge in [0.25, 0.3) is 0 Å². The van der Waals surface area contributed by atoms with Gasteiger partial charge in [0, 0.05) is 35.4 Å². The molecule has 1 fully saturated rings. The van der Waals surface area contributed by atoms with E-state index in [9.17, 15) is 14.0 Å². The molecule has 0 aromatic heterocycles. The Balaban J connectivity index is 1.49. The fourth-order valence-corrected chi connectivity index (χ4v) is 3.66. The minimum atomic E-state index is -0.291. The van der Waals surface area contributed by atoms with Crippen LogP contribution in [0.25, 0.3) is 0 Å². The smallest absolute Gasteiger partial charge is 0.321 e. The third-order valence-electron chi connectivity index (χ3n) is 5.47. The van der Waals surface area contributed by atoms with E-state index in [4.69, 9.17) is 11.6 Å². The standard InChI is InChI=1S/C22H25ClFN3O2/c1-14-13-19(7-8-20(14)24)25-21(28)15(2)16-9-11-27(12-10-16)22(29)26-18-5-3-17(23)4-6-18/h3-8,13,15-16H,9-12H2,1-2H3,(H,25,28)(H,26,29). The van der Waals surface area contributed by atoms with Crippen molar-refractivity contribution in [1.29, 1.82) is 0 Å². The molecule has 7 heteroatoms. The van der Waals surface area contributed by atoms with Crippen LogP contribution < -0.4 is 10.6 Å². The van der Waals surface area contributed by atoms with Crippen LogP contribution in [0.2, 0.25) is 5.02 Å². The van der Waals surface area contributed by atoms with Crippen molar-refractivity contribution in [3.05, 3.63) is 58.9 Å². The zero-order chi connectivity index (χ0) is 21.0. The van der Waals surface area contributed by atoms with E-state index < -0.39 is 0 Å². The van der Waals surface area contributed by atoms with Crippen molar-refractivity contribution in [1.82, 2.24) is 4.90 Å². The molecule has 0 saturated carbocycles. The summed E-state index contributed by atoms with van der Waals surface area (Å²) in [5.41, 5.74) is 1.79. The molecule has 1 atom stereocenters. The highest BCUT2D eigenvalue weighted by Crippen LogP contribution is 2.27. The number of hydrogen-bond donors (Lipinski definition) is 2. The van der Waals surface area contributed by atoms with Crippen molar-refractivity contribution in [3.63, 3.8) is 0 Å². The normalized spacial score (nSPS) is 15.7. The first-order valence-electron chi connectivity index (χ1n) is 9.72. The SMILES string of the molecule is Cc1cc(NC(=O)C(C)C2CCN(C(=O)Nc3ccc(Cl)cc3)CC2)ccc1F. The number of benzene rings is 2. The van der Waals surface area contributed by atoms with Gasteiger partial charge >= 0.3 is 6.03 Å². The molecule has 29 heavy (non-hydrogen) atoms. The van der Waals surface area contributed by atoms with E-state index >= 15 is 0 Å². The highest BCUT2D eigenvalue weighted by molar-refractivity contribution is 6.30. The first kappa shape index (κ1) is 21.1.